The van der Waals surface area contributed by atoms with Gasteiger partial charge < -0.3 is 15.0 Å². The number of piperidine rings is 1. The van der Waals surface area contributed by atoms with E-state index in [0.717, 1.165) is 65.4 Å². The number of carbonyl (C=O) groups is 1. The van der Waals surface area contributed by atoms with Crippen LogP contribution in [0.25, 0.3) is 0 Å². The van der Waals surface area contributed by atoms with Crippen molar-refractivity contribution in [3.63, 3.8) is 0 Å². The van der Waals surface area contributed by atoms with Crippen molar-refractivity contribution in [1.29, 1.82) is 0 Å². The minimum absolute atomic E-state index is 0.382. The standard InChI is InChI=1S/C15H27N3O2/c19-15-11-13-1-3-16-12-14(13)2-4-18(15)6-5-17-7-9-20-10-8-17/h13-14,16H,1-12H2. The van der Waals surface area contributed by atoms with E-state index in [0.29, 0.717) is 17.7 Å². The van der Waals surface area contributed by atoms with Crippen LogP contribution in [0.4, 0.5) is 0 Å². The van der Waals surface area contributed by atoms with Crippen molar-refractivity contribution in [2.75, 3.05) is 59.0 Å². The van der Waals surface area contributed by atoms with Crippen LogP contribution in [-0.4, -0.2) is 74.7 Å². The molecule has 3 heterocycles. The molecule has 0 aliphatic carbocycles. The lowest BCUT2D eigenvalue weighted by atomic mass is 9.83. The first-order chi connectivity index (χ1) is 9.83. The van der Waals surface area contributed by atoms with Gasteiger partial charge in [-0.3, -0.25) is 9.69 Å². The SMILES string of the molecule is O=C1CC2CCNCC2CCN1CCN1CCOCC1. The molecule has 0 saturated carbocycles. The van der Waals surface area contributed by atoms with Gasteiger partial charge in [0.25, 0.3) is 0 Å². The van der Waals surface area contributed by atoms with Gasteiger partial charge in [0.15, 0.2) is 0 Å². The van der Waals surface area contributed by atoms with E-state index in [-0.39, 0.29) is 0 Å². The number of ether oxygens (including phenoxy) is 1. The van der Waals surface area contributed by atoms with Crippen LogP contribution in [0.1, 0.15) is 19.3 Å². The van der Waals surface area contributed by atoms with E-state index in [2.05, 4.69) is 15.1 Å². The molecule has 3 saturated heterocycles. The highest BCUT2D eigenvalue weighted by molar-refractivity contribution is 5.76. The van der Waals surface area contributed by atoms with Crippen LogP contribution in [0.15, 0.2) is 0 Å². The first kappa shape index (κ1) is 14.3. The van der Waals surface area contributed by atoms with Crippen LogP contribution in [0.5, 0.6) is 0 Å². The minimum Gasteiger partial charge on any atom is -0.379 e. The number of morpholine rings is 1. The average Bonchev–Trinajstić information content (AvgIpc) is 2.65. The number of rotatable bonds is 3. The molecule has 1 N–H and O–H groups in total. The van der Waals surface area contributed by atoms with Gasteiger partial charge in [-0.05, 0) is 37.8 Å². The Morgan fingerprint density at radius 1 is 1.10 bits per heavy atom. The summed E-state index contributed by atoms with van der Waals surface area (Å²) in [6.07, 6.45) is 3.12. The minimum atomic E-state index is 0.382. The molecule has 0 aromatic carbocycles. The number of amides is 1. The van der Waals surface area contributed by atoms with E-state index in [4.69, 9.17) is 4.74 Å². The van der Waals surface area contributed by atoms with Gasteiger partial charge in [-0.1, -0.05) is 0 Å². The Morgan fingerprint density at radius 3 is 2.80 bits per heavy atom. The summed E-state index contributed by atoms with van der Waals surface area (Å²) >= 11 is 0. The molecule has 3 rings (SSSR count). The van der Waals surface area contributed by atoms with E-state index in [1.54, 1.807) is 0 Å². The molecule has 114 valence electrons. The second kappa shape index (κ2) is 6.87. The van der Waals surface area contributed by atoms with E-state index >= 15 is 0 Å². The largest absolute Gasteiger partial charge is 0.379 e. The second-order valence-electron chi connectivity index (χ2n) is 6.34. The van der Waals surface area contributed by atoms with Crippen LogP contribution in [0, 0.1) is 11.8 Å². The number of nitrogens with one attached hydrogen (secondary N) is 1. The molecular weight excluding hydrogens is 254 g/mol. The molecule has 0 bridgehead atoms. The van der Waals surface area contributed by atoms with Crippen LogP contribution in [0.2, 0.25) is 0 Å². The lowest BCUT2D eigenvalue weighted by molar-refractivity contribution is -0.131. The summed E-state index contributed by atoms with van der Waals surface area (Å²) in [6.45, 7) is 8.74. The van der Waals surface area contributed by atoms with Crippen LogP contribution >= 0.6 is 0 Å². The van der Waals surface area contributed by atoms with Crippen molar-refractivity contribution < 1.29 is 9.53 Å². The fourth-order valence-corrected chi connectivity index (χ4v) is 3.71. The predicted octanol–water partition coefficient (Wildman–Crippen LogP) is 0.167. The molecule has 2 atom stereocenters. The third kappa shape index (κ3) is 3.51. The summed E-state index contributed by atoms with van der Waals surface area (Å²) in [7, 11) is 0. The summed E-state index contributed by atoms with van der Waals surface area (Å²) in [5, 5.41) is 3.47. The van der Waals surface area contributed by atoms with Crippen LogP contribution < -0.4 is 5.32 Å². The number of likely N-dealkylation sites (tertiary alicyclic amines) is 1. The number of fused-ring (bicyclic) bond motifs is 1. The van der Waals surface area contributed by atoms with Crippen LogP contribution in [-0.2, 0) is 9.53 Å². The Hall–Kier alpha value is -0.650. The number of nitrogens with zero attached hydrogens (tertiary/aromatic N) is 2. The molecular formula is C15H27N3O2. The molecule has 3 fully saturated rings. The van der Waals surface area contributed by atoms with Crippen LogP contribution in [0.3, 0.4) is 0 Å². The molecule has 2 unspecified atom stereocenters. The number of hydrogen-bond acceptors (Lipinski definition) is 4. The van der Waals surface area contributed by atoms with Crippen molar-refractivity contribution in [3.8, 4) is 0 Å². The van der Waals surface area contributed by atoms with Crippen molar-refractivity contribution in [3.05, 3.63) is 0 Å². The van der Waals surface area contributed by atoms with E-state index < -0.39 is 0 Å². The molecule has 0 aromatic rings. The quantitative estimate of drug-likeness (QED) is 0.801. The van der Waals surface area contributed by atoms with Crippen molar-refractivity contribution in [2.24, 2.45) is 11.8 Å². The van der Waals surface area contributed by atoms with Crippen molar-refractivity contribution in [2.45, 2.75) is 19.3 Å². The van der Waals surface area contributed by atoms with Gasteiger partial charge in [0.1, 0.15) is 0 Å². The molecule has 1 amide bonds. The summed E-state index contributed by atoms with van der Waals surface area (Å²) in [5.41, 5.74) is 0. The van der Waals surface area contributed by atoms with E-state index in [9.17, 15) is 4.79 Å². The van der Waals surface area contributed by atoms with E-state index in [1.165, 1.54) is 12.8 Å². The summed E-state index contributed by atoms with van der Waals surface area (Å²) in [4.78, 5) is 16.9. The Bertz CT molecular complexity index is 331. The Morgan fingerprint density at radius 2 is 1.95 bits per heavy atom. The van der Waals surface area contributed by atoms with Gasteiger partial charge in [-0.2, -0.15) is 0 Å². The third-order valence-electron chi connectivity index (χ3n) is 5.11. The Balaban J connectivity index is 1.49. The van der Waals surface area contributed by atoms with Gasteiger partial charge in [0, 0.05) is 39.1 Å². The first-order valence-electron chi connectivity index (χ1n) is 8.11. The highest BCUT2D eigenvalue weighted by Crippen LogP contribution is 2.29. The summed E-state index contributed by atoms with van der Waals surface area (Å²) in [5.74, 6) is 1.71. The van der Waals surface area contributed by atoms with Crippen molar-refractivity contribution in [1.82, 2.24) is 15.1 Å². The first-order valence-corrected chi connectivity index (χ1v) is 8.11. The third-order valence-corrected chi connectivity index (χ3v) is 5.11. The number of hydrogen-bond donors (Lipinski definition) is 1. The lowest BCUT2D eigenvalue weighted by Gasteiger charge is -2.29. The molecule has 3 aliphatic rings. The van der Waals surface area contributed by atoms with Gasteiger partial charge in [-0.15, -0.1) is 0 Å². The monoisotopic (exact) mass is 281 g/mol. The number of carbonyl (C=O) groups excluding carboxylic acids is 1. The maximum Gasteiger partial charge on any atom is 0.222 e. The molecule has 5 heteroatoms. The zero-order chi connectivity index (χ0) is 13.8. The Kier molecular flexibility index (Phi) is 4.91. The summed E-state index contributed by atoms with van der Waals surface area (Å²) in [6, 6.07) is 0. The molecule has 0 radical (unpaired) electrons. The molecule has 20 heavy (non-hydrogen) atoms. The fraction of sp³-hybridized carbons (Fsp3) is 0.933. The van der Waals surface area contributed by atoms with Gasteiger partial charge in [0.2, 0.25) is 5.91 Å². The average molecular weight is 281 g/mol. The highest BCUT2D eigenvalue weighted by Gasteiger charge is 2.32. The maximum atomic E-state index is 12.4. The molecule has 0 aromatic heterocycles. The van der Waals surface area contributed by atoms with E-state index in [1.807, 2.05) is 0 Å². The molecule has 0 spiro atoms. The van der Waals surface area contributed by atoms with Gasteiger partial charge >= 0.3 is 0 Å². The Labute approximate surface area is 121 Å². The second-order valence-corrected chi connectivity index (χ2v) is 6.34. The highest BCUT2D eigenvalue weighted by atomic mass is 16.5. The molecule has 5 nitrogen and oxygen atoms in total. The smallest absolute Gasteiger partial charge is 0.222 e. The normalized spacial score (nSPS) is 32.8. The summed E-state index contributed by atoms with van der Waals surface area (Å²) < 4.78 is 5.37. The van der Waals surface area contributed by atoms with Crippen molar-refractivity contribution >= 4 is 5.91 Å². The van der Waals surface area contributed by atoms with Gasteiger partial charge in [0.05, 0.1) is 13.2 Å². The molecule has 3 aliphatic heterocycles. The zero-order valence-electron chi connectivity index (χ0n) is 12.4. The van der Waals surface area contributed by atoms with Gasteiger partial charge in [-0.25, -0.2) is 0 Å². The zero-order valence-corrected chi connectivity index (χ0v) is 12.4. The maximum absolute atomic E-state index is 12.4. The lowest BCUT2D eigenvalue weighted by Crippen LogP contribution is -2.43. The predicted molar refractivity (Wildman–Crippen MR) is 77.5 cm³/mol. The topological polar surface area (TPSA) is 44.8 Å². The fourth-order valence-electron chi connectivity index (χ4n) is 3.71.